The van der Waals surface area contributed by atoms with Crippen molar-refractivity contribution >= 4 is 68.6 Å². The highest BCUT2D eigenvalue weighted by molar-refractivity contribution is 7.00. The van der Waals surface area contributed by atoms with E-state index in [4.69, 9.17) is 0 Å². The fourth-order valence-corrected chi connectivity index (χ4v) is 18.0. The molecule has 2 unspecified atom stereocenters. The summed E-state index contributed by atoms with van der Waals surface area (Å²) in [6.07, 6.45) is 6.97. The number of aryl methyl sites for hydroxylation is 1. The zero-order chi connectivity index (χ0) is 62.5. The number of benzene rings is 9. The minimum atomic E-state index is -0.277. The van der Waals surface area contributed by atoms with Crippen molar-refractivity contribution in [3.63, 3.8) is 0 Å². The Morgan fingerprint density at radius 2 is 0.888 bits per heavy atom. The van der Waals surface area contributed by atoms with Gasteiger partial charge in [0.1, 0.15) is 0 Å². The van der Waals surface area contributed by atoms with E-state index in [9.17, 15) is 0 Å². The van der Waals surface area contributed by atoms with Crippen molar-refractivity contribution in [3.05, 3.63) is 232 Å². The Bertz CT molecular complexity index is 4410. The monoisotopic (exact) mass is 1170 g/mol. The van der Waals surface area contributed by atoms with Crippen LogP contribution in [0.25, 0.3) is 22.3 Å². The number of hydrogen-bond donors (Lipinski definition) is 0. The largest absolute Gasteiger partial charge is 0.334 e. The summed E-state index contributed by atoms with van der Waals surface area (Å²) in [5.74, 6) is 0. The van der Waals surface area contributed by atoms with E-state index in [0.717, 1.165) is 19.3 Å². The molecule has 3 nitrogen and oxygen atoms in total. The second-order valence-corrected chi connectivity index (χ2v) is 32.8. The van der Waals surface area contributed by atoms with Gasteiger partial charge in [0.2, 0.25) is 0 Å². The maximum atomic E-state index is 2.87. The predicted molar refractivity (Wildman–Crippen MR) is 382 cm³/mol. The molecule has 4 heteroatoms. The Morgan fingerprint density at radius 1 is 0.371 bits per heavy atom. The van der Waals surface area contributed by atoms with E-state index in [-0.39, 0.29) is 50.2 Å². The summed E-state index contributed by atoms with van der Waals surface area (Å²) in [6, 6.07) is 70.4. The van der Waals surface area contributed by atoms with Gasteiger partial charge in [-0.3, -0.25) is 0 Å². The maximum Gasteiger partial charge on any atom is 0.252 e. The molecule has 3 aliphatic carbocycles. The summed E-state index contributed by atoms with van der Waals surface area (Å²) < 4.78 is 0. The first-order valence-electron chi connectivity index (χ1n) is 33.6. The van der Waals surface area contributed by atoms with Crippen LogP contribution in [0.3, 0.4) is 0 Å². The number of fused-ring (bicyclic) bond motifs is 10. The Kier molecular flexibility index (Phi) is 12.5. The second kappa shape index (κ2) is 19.2. The van der Waals surface area contributed by atoms with Gasteiger partial charge in [-0.15, -0.1) is 0 Å². The van der Waals surface area contributed by atoms with Crippen LogP contribution in [0, 0.1) is 6.92 Å². The topological polar surface area (TPSA) is 9.72 Å². The van der Waals surface area contributed by atoms with Gasteiger partial charge in [0.25, 0.3) is 6.71 Å². The number of rotatable bonds is 5. The van der Waals surface area contributed by atoms with E-state index >= 15 is 0 Å². The van der Waals surface area contributed by atoms with E-state index in [2.05, 4.69) is 308 Å². The van der Waals surface area contributed by atoms with Crippen molar-refractivity contribution in [2.45, 2.75) is 200 Å². The van der Waals surface area contributed by atoms with Crippen LogP contribution in [0.1, 0.15) is 205 Å². The van der Waals surface area contributed by atoms with E-state index in [1.165, 1.54) is 159 Å². The standard InChI is InChI=1S/C85H92BN3/c1-53-44-63-64(81(10,11)43-42-80(63,8)9)51-72(53)88-73-47-58(79(5,6)7)35-37-68(73)86-69-50-65-66(83(14,15)62-33-25-24-32-61(62)82(65,12)13)52-74(69)87(70-39-36-57(78(2,3)4)46-60(70)55-30-22-19-23-31-55)75-48-59(49-76(88)77(75)86)89-71-38-34-56(54-28-20-18-21-29-54)45-67(71)84(16)40-26-27-41-85(84,89)17/h18-25,28-39,44-52H,26-27,40-43H2,1-17H3. The van der Waals surface area contributed by atoms with Crippen LogP contribution >= 0.6 is 0 Å². The zero-order valence-electron chi connectivity index (χ0n) is 56.4. The third kappa shape index (κ3) is 8.35. The summed E-state index contributed by atoms with van der Waals surface area (Å²) in [4.78, 5) is 8.44. The Balaban J connectivity index is 1.12. The van der Waals surface area contributed by atoms with Gasteiger partial charge < -0.3 is 14.7 Å². The molecule has 3 aliphatic heterocycles. The summed E-state index contributed by atoms with van der Waals surface area (Å²) in [5, 5.41) is 0. The average molecular weight is 1170 g/mol. The lowest BCUT2D eigenvalue weighted by atomic mass is 9.33. The molecule has 15 rings (SSSR count). The molecule has 0 radical (unpaired) electrons. The third-order valence-corrected chi connectivity index (χ3v) is 23.7. The van der Waals surface area contributed by atoms with Crippen LogP contribution in [0.5, 0.6) is 0 Å². The molecule has 1 fully saturated rings. The lowest BCUT2D eigenvalue weighted by molar-refractivity contribution is 0.195. The summed E-state index contributed by atoms with van der Waals surface area (Å²) >= 11 is 0. The molecule has 89 heavy (non-hydrogen) atoms. The Hall–Kier alpha value is -7.56. The molecule has 3 heterocycles. The van der Waals surface area contributed by atoms with Crippen LogP contribution in [-0.2, 0) is 37.9 Å². The van der Waals surface area contributed by atoms with E-state index in [0.29, 0.717) is 0 Å². The lowest BCUT2D eigenvalue weighted by Gasteiger charge is -2.51. The molecule has 9 aromatic rings. The van der Waals surface area contributed by atoms with Gasteiger partial charge >= 0.3 is 0 Å². The van der Waals surface area contributed by atoms with Gasteiger partial charge in [-0.1, -0.05) is 238 Å². The van der Waals surface area contributed by atoms with Gasteiger partial charge in [-0.05, 0) is 205 Å². The Morgan fingerprint density at radius 3 is 1.52 bits per heavy atom. The SMILES string of the molecule is Cc1cc2c(cc1N1c3cc(C(C)(C)C)ccc3B3c4cc5c(cc4N(c4ccc(C(C)(C)C)cc4-c4ccccc4)c4cc(N6c7ccc(-c8ccccc8)cc7C7(C)CCCCC67C)cc1c43)C(C)(C)c1ccccc1C5(C)C)C(C)(C)CCC2(C)C. The fraction of sp³-hybridized carbons (Fsp3) is 0.365. The van der Waals surface area contributed by atoms with Crippen molar-refractivity contribution in [2.24, 2.45) is 0 Å². The highest BCUT2D eigenvalue weighted by Gasteiger charge is 2.59. The van der Waals surface area contributed by atoms with Crippen molar-refractivity contribution in [2.75, 3.05) is 14.7 Å². The van der Waals surface area contributed by atoms with Crippen LogP contribution in [0.15, 0.2) is 176 Å². The van der Waals surface area contributed by atoms with Crippen LogP contribution in [0.4, 0.5) is 45.5 Å². The summed E-state index contributed by atoms with van der Waals surface area (Å²) in [6.45, 7) is 41.8. The minimum absolute atomic E-state index is 0.00196. The van der Waals surface area contributed by atoms with E-state index in [1.807, 2.05) is 0 Å². The third-order valence-electron chi connectivity index (χ3n) is 23.7. The van der Waals surface area contributed by atoms with Gasteiger partial charge in [0.15, 0.2) is 0 Å². The van der Waals surface area contributed by atoms with Crippen molar-refractivity contribution in [3.8, 4) is 22.3 Å². The zero-order valence-corrected chi connectivity index (χ0v) is 56.4. The lowest BCUT2D eigenvalue weighted by Crippen LogP contribution is -2.62. The highest BCUT2D eigenvalue weighted by Crippen LogP contribution is 2.63. The Labute approximate surface area is 533 Å². The molecule has 6 aliphatic rings. The van der Waals surface area contributed by atoms with Gasteiger partial charge in [0, 0.05) is 61.6 Å². The fourth-order valence-electron chi connectivity index (χ4n) is 18.0. The smallest absolute Gasteiger partial charge is 0.252 e. The van der Waals surface area contributed by atoms with Crippen molar-refractivity contribution in [1.29, 1.82) is 0 Å². The van der Waals surface area contributed by atoms with Crippen LogP contribution in [-0.4, -0.2) is 12.3 Å². The molecule has 0 bridgehead atoms. The molecule has 0 saturated heterocycles. The molecule has 1 saturated carbocycles. The number of nitrogens with zero attached hydrogens (tertiary/aromatic N) is 3. The molecule has 2 atom stereocenters. The molecular weight excluding hydrogens is 1070 g/mol. The number of anilines is 8. The molecule has 0 spiro atoms. The van der Waals surface area contributed by atoms with Crippen molar-refractivity contribution in [1.82, 2.24) is 0 Å². The van der Waals surface area contributed by atoms with Crippen LogP contribution in [0.2, 0.25) is 0 Å². The van der Waals surface area contributed by atoms with Gasteiger partial charge in [-0.25, -0.2) is 0 Å². The van der Waals surface area contributed by atoms with Crippen molar-refractivity contribution < 1.29 is 0 Å². The first-order chi connectivity index (χ1) is 42.0. The molecule has 9 aromatic carbocycles. The molecular formula is C85H92BN3. The summed E-state index contributed by atoms with van der Waals surface area (Å²) in [7, 11) is 0. The summed E-state index contributed by atoms with van der Waals surface area (Å²) in [5.41, 5.74) is 32.4. The van der Waals surface area contributed by atoms with E-state index < -0.39 is 0 Å². The van der Waals surface area contributed by atoms with Crippen LogP contribution < -0.4 is 31.1 Å². The minimum Gasteiger partial charge on any atom is -0.334 e. The number of hydrogen-bond acceptors (Lipinski definition) is 3. The normalized spacial score (nSPS) is 21.2. The quantitative estimate of drug-likeness (QED) is 0.159. The van der Waals surface area contributed by atoms with Gasteiger partial charge in [0.05, 0.1) is 11.2 Å². The molecule has 450 valence electrons. The average Bonchev–Trinajstić information content (AvgIpc) is 1.64. The molecule has 0 aromatic heterocycles. The van der Waals surface area contributed by atoms with Gasteiger partial charge in [-0.2, -0.15) is 0 Å². The second-order valence-electron chi connectivity index (χ2n) is 32.8. The van der Waals surface area contributed by atoms with E-state index in [1.54, 1.807) is 0 Å². The predicted octanol–water partition coefficient (Wildman–Crippen LogP) is 21.1. The molecule has 0 N–H and O–H groups in total. The maximum absolute atomic E-state index is 2.87. The first kappa shape index (κ1) is 57.9. The molecule has 0 amide bonds. The highest BCUT2D eigenvalue weighted by atomic mass is 15.3. The first-order valence-corrected chi connectivity index (χ1v) is 33.6.